The molecule has 0 fully saturated rings. The first-order valence-corrected chi connectivity index (χ1v) is 8.08. The summed E-state index contributed by atoms with van der Waals surface area (Å²) in [5.41, 5.74) is 4.00. The Morgan fingerprint density at radius 1 is 1.04 bits per heavy atom. The van der Waals surface area contributed by atoms with Gasteiger partial charge in [-0.25, -0.2) is 14.6 Å². The molecule has 0 saturated heterocycles. The van der Waals surface area contributed by atoms with Crippen LogP contribution < -0.4 is 5.32 Å². The summed E-state index contributed by atoms with van der Waals surface area (Å²) in [7, 11) is 0. The number of aryl methyl sites for hydroxylation is 2. The van der Waals surface area contributed by atoms with Crippen molar-refractivity contribution >= 4 is 0 Å². The summed E-state index contributed by atoms with van der Waals surface area (Å²) in [6, 6.07) is 10.2. The number of hydrogen-bond donors (Lipinski definition) is 1. The maximum atomic E-state index is 4.44. The molecule has 6 nitrogen and oxygen atoms in total. The second kappa shape index (κ2) is 6.88. The number of para-hydroxylation sites is 1. The maximum Gasteiger partial charge on any atom is 0.125 e. The Balaban J connectivity index is 1.73. The molecule has 3 aromatic rings. The first-order valence-electron chi connectivity index (χ1n) is 8.08. The highest BCUT2D eigenvalue weighted by Gasteiger charge is 2.16. The Labute approximate surface area is 142 Å². The molecule has 0 bridgehead atoms. The second-order valence-corrected chi connectivity index (χ2v) is 5.99. The van der Waals surface area contributed by atoms with Gasteiger partial charge < -0.3 is 5.32 Å². The smallest absolute Gasteiger partial charge is 0.125 e. The molecule has 6 heteroatoms. The fourth-order valence-electron chi connectivity index (χ4n) is 2.75. The van der Waals surface area contributed by atoms with Crippen LogP contribution in [0.3, 0.4) is 0 Å². The van der Waals surface area contributed by atoms with Crippen LogP contribution in [0.2, 0.25) is 0 Å². The highest BCUT2D eigenvalue weighted by Crippen LogP contribution is 2.20. The van der Waals surface area contributed by atoms with Gasteiger partial charge in [0.25, 0.3) is 0 Å². The van der Waals surface area contributed by atoms with Gasteiger partial charge in [-0.15, -0.1) is 5.10 Å². The van der Waals surface area contributed by atoms with Crippen molar-refractivity contribution in [2.45, 2.75) is 39.8 Å². The van der Waals surface area contributed by atoms with E-state index in [4.69, 9.17) is 0 Å². The molecule has 0 aliphatic carbocycles. The minimum Gasteiger partial charge on any atom is -0.302 e. The predicted molar refractivity (Wildman–Crippen MR) is 92.8 cm³/mol. The Kier molecular flexibility index (Phi) is 4.66. The molecule has 0 amide bonds. The highest BCUT2D eigenvalue weighted by atomic mass is 15.4. The highest BCUT2D eigenvalue weighted by molar-refractivity contribution is 5.30. The van der Waals surface area contributed by atoms with E-state index < -0.39 is 0 Å². The average molecular weight is 322 g/mol. The Bertz CT molecular complexity index is 811. The number of nitrogens with zero attached hydrogens (tertiary/aromatic N) is 5. The minimum absolute atomic E-state index is 0.0677. The van der Waals surface area contributed by atoms with Crippen LogP contribution in [0.15, 0.2) is 42.7 Å². The first-order chi connectivity index (χ1) is 11.5. The first kappa shape index (κ1) is 16.3. The van der Waals surface area contributed by atoms with Crippen molar-refractivity contribution < 1.29 is 0 Å². The van der Waals surface area contributed by atoms with Crippen molar-refractivity contribution in [2.75, 3.05) is 0 Å². The minimum atomic E-state index is 0.0677. The van der Waals surface area contributed by atoms with E-state index in [1.807, 2.05) is 56.6 Å². The quantitative estimate of drug-likeness (QED) is 0.782. The molecular formula is C18H22N6. The lowest BCUT2D eigenvalue weighted by Gasteiger charge is -2.19. The summed E-state index contributed by atoms with van der Waals surface area (Å²) >= 11 is 0. The van der Waals surface area contributed by atoms with Crippen molar-refractivity contribution in [2.24, 2.45) is 0 Å². The van der Waals surface area contributed by atoms with E-state index in [1.165, 1.54) is 0 Å². The number of nitrogens with one attached hydrogen (secondary N) is 1. The molecule has 0 spiro atoms. The van der Waals surface area contributed by atoms with Gasteiger partial charge in [0.2, 0.25) is 0 Å². The van der Waals surface area contributed by atoms with Gasteiger partial charge in [0.1, 0.15) is 5.82 Å². The monoisotopic (exact) mass is 322 g/mol. The van der Waals surface area contributed by atoms with Gasteiger partial charge in [-0.1, -0.05) is 23.4 Å². The van der Waals surface area contributed by atoms with Gasteiger partial charge in [0.15, 0.2) is 0 Å². The molecule has 24 heavy (non-hydrogen) atoms. The van der Waals surface area contributed by atoms with E-state index in [1.54, 1.807) is 4.68 Å². The molecule has 1 aromatic carbocycles. The van der Waals surface area contributed by atoms with Gasteiger partial charge in [-0.2, -0.15) is 0 Å². The zero-order valence-corrected chi connectivity index (χ0v) is 14.4. The summed E-state index contributed by atoms with van der Waals surface area (Å²) < 4.78 is 1.79. The zero-order chi connectivity index (χ0) is 17.1. The molecule has 3 rings (SSSR count). The standard InChI is InChI=1S/C18H22N6/c1-12(17-10-19-15(4)21-13(17)2)20-14(3)18-11-24(23-22-18)16-8-6-5-7-9-16/h5-12,14,20H,1-4H3/t12-,14+/m1/s1. The molecule has 0 unspecified atom stereocenters. The van der Waals surface area contributed by atoms with Crippen LogP contribution in [0.4, 0.5) is 0 Å². The third kappa shape index (κ3) is 3.49. The maximum absolute atomic E-state index is 4.44. The lowest BCUT2D eigenvalue weighted by molar-refractivity contribution is 0.481. The molecular weight excluding hydrogens is 300 g/mol. The zero-order valence-electron chi connectivity index (χ0n) is 14.4. The van der Waals surface area contributed by atoms with Crippen LogP contribution in [0.25, 0.3) is 5.69 Å². The number of aromatic nitrogens is 5. The SMILES string of the molecule is Cc1ncc([C@@H](C)N[C@@H](C)c2cn(-c3ccccc3)nn2)c(C)n1. The third-order valence-corrected chi connectivity index (χ3v) is 4.08. The number of rotatable bonds is 5. The van der Waals surface area contributed by atoms with Crippen molar-refractivity contribution in [1.29, 1.82) is 0 Å². The molecule has 0 aliphatic rings. The van der Waals surface area contributed by atoms with Crippen LogP contribution in [0.1, 0.15) is 48.7 Å². The Hall–Kier alpha value is -2.60. The van der Waals surface area contributed by atoms with Gasteiger partial charge in [-0.05, 0) is 39.8 Å². The van der Waals surface area contributed by atoms with E-state index in [0.29, 0.717) is 0 Å². The molecule has 2 heterocycles. The largest absolute Gasteiger partial charge is 0.302 e. The van der Waals surface area contributed by atoms with Crippen LogP contribution >= 0.6 is 0 Å². The molecule has 124 valence electrons. The number of hydrogen-bond acceptors (Lipinski definition) is 5. The van der Waals surface area contributed by atoms with E-state index in [9.17, 15) is 0 Å². The predicted octanol–water partition coefficient (Wildman–Crippen LogP) is 3.09. The van der Waals surface area contributed by atoms with Crippen molar-refractivity contribution in [3.63, 3.8) is 0 Å². The fourth-order valence-corrected chi connectivity index (χ4v) is 2.75. The normalized spacial score (nSPS) is 13.7. The Morgan fingerprint density at radius 3 is 2.50 bits per heavy atom. The fraction of sp³-hybridized carbons (Fsp3) is 0.333. The van der Waals surface area contributed by atoms with Crippen molar-refractivity contribution in [3.05, 3.63) is 65.5 Å². The second-order valence-electron chi connectivity index (χ2n) is 5.99. The van der Waals surface area contributed by atoms with Crippen LogP contribution in [-0.4, -0.2) is 25.0 Å². The van der Waals surface area contributed by atoms with E-state index >= 15 is 0 Å². The molecule has 2 atom stereocenters. The third-order valence-electron chi connectivity index (χ3n) is 4.08. The molecule has 1 N–H and O–H groups in total. The van der Waals surface area contributed by atoms with Gasteiger partial charge in [0.05, 0.1) is 23.6 Å². The van der Waals surface area contributed by atoms with Gasteiger partial charge >= 0.3 is 0 Å². The van der Waals surface area contributed by atoms with Gasteiger partial charge in [-0.3, -0.25) is 0 Å². The van der Waals surface area contributed by atoms with Crippen LogP contribution in [0.5, 0.6) is 0 Å². The summed E-state index contributed by atoms with van der Waals surface area (Å²) in [5.74, 6) is 0.794. The van der Waals surface area contributed by atoms with Crippen molar-refractivity contribution in [1.82, 2.24) is 30.3 Å². The Morgan fingerprint density at radius 2 is 1.79 bits per heavy atom. The molecule has 2 aromatic heterocycles. The summed E-state index contributed by atoms with van der Waals surface area (Å²) in [4.78, 5) is 8.74. The van der Waals surface area contributed by atoms with Crippen molar-refractivity contribution in [3.8, 4) is 5.69 Å². The van der Waals surface area contributed by atoms with E-state index in [2.05, 4.69) is 39.4 Å². The summed E-state index contributed by atoms with van der Waals surface area (Å²) in [5, 5.41) is 12.1. The molecule has 0 aliphatic heterocycles. The van der Waals surface area contributed by atoms with Gasteiger partial charge in [0, 0.05) is 23.5 Å². The summed E-state index contributed by atoms with van der Waals surface area (Å²) in [6.07, 6.45) is 3.85. The van der Waals surface area contributed by atoms with E-state index in [0.717, 1.165) is 28.5 Å². The van der Waals surface area contributed by atoms with E-state index in [-0.39, 0.29) is 12.1 Å². The van der Waals surface area contributed by atoms with Crippen LogP contribution in [0, 0.1) is 13.8 Å². The topological polar surface area (TPSA) is 68.5 Å². The van der Waals surface area contributed by atoms with Crippen LogP contribution in [-0.2, 0) is 0 Å². The lowest BCUT2D eigenvalue weighted by Crippen LogP contribution is -2.24. The molecule has 0 radical (unpaired) electrons. The molecule has 0 saturated carbocycles. The lowest BCUT2D eigenvalue weighted by atomic mass is 10.1. The summed E-state index contributed by atoms with van der Waals surface area (Å²) in [6.45, 7) is 8.11. The average Bonchev–Trinajstić information content (AvgIpc) is 3.05. The number of benzene rings is 1.